The van der Waals surface area contributed by atoms with E-state index in [-0.39, 0.29) is 12.0 Å². The lowest BCUT2D eigenvalue weighted by Gasteiger charge is -2.28. The van der Waals surface area contributed by atoms with Crippen LogP contribution < -0.4 is 0 Å². The molecule has 2 aliphatic rings. The molecule has 2 unspecified atom stereocenters. The van der Waals surface area contributed by atoms with Gasteiger partial charge in [0.2, 0.25) is 0 Å². The van der Waals surface area contributed by atoms with E-state index < -0.39 is 0 Å². The molecule has 272 valence electrons. The molecule has 2 heteroatoms. The maximum absolute atomic E-state index is 5.32. The van der Waals surface area contributed by atoms with E-state index in [1.165, 1.54) is 66.3 Å². The molecule has 0 saturated heterocycles. The Morgan fingerprint density at radius 1 is 0.614 bits per heavy atom. The molecule has 1 heterocycles. The fourth-order valence-corrected chi connectivity index (χ4v) is 9.03. The van der Waals surface area contributed by atoms with Gasteiger partial charge in [0.1, 0.15) is 0 Å². The Bertz CT molecular complexity index is 2930. The van der Waals surface area contributed by atoms with Gasteiger partial charge in [-0.3, -0.25) is 0 Å². The molecular formula is C55H42N2. The SMILES string of the molecule is C=C(/N=C(\C=C(/C)c1ccccc1)c1cccc2c1C1=CC=CC(n3c4ccc(-c5ccccc5)cc4c4ccc(-c5ccccc5)cc43)C1C2)c1ccccc1. The molecule has 0 amide bonds. The number of hydrogen-bond donors (Lipinski definition) is 0. The lowest BCUT2D eigenvalue weighted by molar-refractivity contribution is 0.498. The van der Waals surface area contributed by atoms with E-state index in [0.717, 1.165) is 34.5 Å². The smallest absolute Gasteiger partial charge is 0.0718 e. The summed E-state index contributed by atoms with van der Waals surface area (Å²) in [5.74, 6) is 0.247. The van der Waals surface area contributed by atoms with E-state index in [2.05, 4.69) is 200 Å². The second-order valence-electron chi connectivity index (χ2n) is 15.2. The lowest BCUT2D eigenvalue weighted by Crippen LogP contribution is -2.19. The number of nitrogens with zero attached hydrogens (tertiary/aromatic N) is 2. The molecule has 0 fully saturated rings. The number of allylic oxidation sites excluding steroid dienone is 6. The van der Waals surface area contributed by atoms with E-state index in [9.17, 15) is 0 Å². The molecule has 0 spiro atoms. The summed E-state index contributed by atoms with van der Waals surface area (Å²) in [6.45, 7) is 6.63. The number of aliphatic imine (C=N–C) groups is 1. The van der Waals surface area contributed by atoms with Gasteiger partial charge >= 0.3 is 0 Å². The second kappa shape index (κ2) is 14.6. The number of rotatable bonds is 8. The zero-order valence-corrected chi connectivity index (χ0v) is 32.0. The standard InChI is InChI=1S/C55H42N2/c1-37(39-17-7-3-8-18-39)33-51(56-38(2)40-19-9-4-10-20-40)48-27-15-25-45-35-50-47(55(45)48)26-16-28-52(50)57-53-32-30-43(41-21-11-5-12-22-41)34-49(53)46-31-29-44(36-54(46)57)42-23-13-6-14-24-42/h3-34,36,50,52H,2,35H2,1H3/b37-33+,56-51+. The van der Waals surface area contributed by atoms with Crippen molar-refractivity contribution in [2.24, 2.45) is 10.9 Å². The summed E-state index contributed by atoms with van der Waals surface area (Å²) in [5.41, 5.74) is 17.6. The lowest BCUT2D eigenvalue weighted by atomic mass is 9.85. The zero-order chi connectivity index (χ0) is 38.3. The average Bonchev–Trinajstić information content (AvgIpc) is 3.83. The van der Waals surface area contributed by atoms with Crippen LogP contribution in [0, 0.1) is 5.92 Å². The first kappa shape index (κ1) is 34.5. The molecule has 1 aromatic heterocycles. The largest absolute Gasteiger partial charge is 0.333 e. The van der Waals surface area contributed by atoms with E-state index in [1.54, 1.807) is 0 Å². The van der Waals surface area contributed by atoms with Crippen molar-refractivity contribution in [2.45, 2.75) is 19.4 Å². The van der Waals surface area contributed by atoms with Crippen LogP contribution in [-0.4, -0.2) is 10.3 Å². The third-order valence-electron chi connectivity index (χ3n) is 11.8. The molecule has 2 nitrogen and oxygen atoms in total. The highest BCUT2D eigenvalue weighted by Crippen LogP contribution is 2.50. The highest BCUT2D eigenvalue weighted by atomic mass is 15.0. The molecule has 0 saturated carbocycles. The Balaban J connectivity index is 1.12. The summed E-state index contributed by atoms with van der Waals surface area (Å²) in [4.78, 5) is 5.32. The first-order valence-electron chi connectivity index (χ1n) is 19.9. The molecule has 7 aromatic carbocycles. The quantitative estimate of drug-likeness (QED) is 0.139. The van der Waals surface area contributed by atoms with Gasteiger partial charge in [-0.1, -0.05) is 183 Å². The molecule has 57 heavy (non-hydrogen) atoms. The van der Waals surface area contributed by atoms with Gasteiger partial charge in [-0.15, -0.1) is 0 Å². The molecule has 0 N–H and O–H groups in total. The van der Waals surface area contributed by atoms with E-state index in [4.69, 9.17) is 4.99 Å². The number of benzene rings is 7. The third kappa shape index (κ3) is 6.30. The highest BCUT2D eigenvalue weighted by molar-refractivity contribution is 6.17. The van der Waals surface area contributed by atoms with E-state index >= 15 is 0 Å². The van der Waals surface area contributed by atoms with Gasteiger partial charge in [-0.25, -0.2) is 4.99 Å². The normalized spacial score (nSPS) is 16.4. The molecule has 2 aliphatic carbocycles. The minimum atomic E-state index is 0.111. The number of fused-ring (bicyclic) bond motifs is 6. The van der Waals surface area contributed by atoms with Gasteiger partial charge in [0, 0.05) is 27.8 Å². The van der Waals surface area contributed by atoms with Gasteiger partial charge in [0.25, 0.3) is 0 Å². The van der Waals surface area contributed by atoms with Crippen LogP contribution in [0.2, 0.25) is 0 Å². The van der Waals surface area contributed by atoms with Crippen LogP contribution in [0.5, 0.6) is 0 Å². The van der Waals surface area contributed by atoms with Crippen molar-refractivity contribution < 1.29 is 0 Å². The molecule has 8 aromatic rings. The van der Waals surface area contributed by atoms with Gasteiger partial charge in [0.15, 0.2) is 0 Å². The molecule has 10 rings (SSSR count). The Morgan fingerprint density at radius 2 is 1.25 bits per heavy atom. The van der Waals surface area contributed by atoms with Crippen LogP contribution in [0.15, 0.2) is 212 Å². The topological polar surface area (TPSA) is 17.3 Å². The maximum Gasteiger partial charge on any atom is 0.0718 e. The zero-order valence-electron chi connectivity index (χ0n) is 32.0. The average molecular weight is 731 g/mol. The highest BCUT2D eigenvalue weighted by Gasteiger charge is 2.37. The predicted molar refractivity (Wildman–Crippen MR) is 242 cm³/mol. The summed E-state index contributed by atoms with van der Waals surface area (Å²) in [6.07, 6.45) is 10.2. The van der Waals surface area contributed by atoms with E-state index in [0.29, 0.717) is 0 Å². The Kier molecular flexibility index (Phi) is 8.80. The van der Waals surface area contributed by atoms with Gasteiger partial charge in [-0.05, 0) is 93.3 Å². The van der Waals surface area contributed by atoms with Gasteiger partial charge in [0.05, 0.1) is 23.0 Å². The minimum absolute atomic E-state index is 0.111. The van der Waals surface area contributed by atoms with Crippen LogP contribution in [0.1, 0.15) is 40.8 Å². The summed E-state index contributed by atoms with van der Waals surface area (Å²) in [5, 5.41) is 2.56. The first-order valence-corrected chi connectivity index (χ1v) is 19.9. The number of hydrogen-bond acceptors (Lipinski definition) is 1. The van der Waals surface area contributed by atoms with Crippen molar-refractivity contribution in [1.82, 2.24) is 4.57 Å². The maximum atomic E-state index is 5.32. The Hall–Kier alpha value is -7.03. The van der Waals surface area contributed by atoms with E-state index in [1.807, 2.05) is 18.2 Å². The van der Waals surface area contributed by atoms with Crippen LogP contribution in [0.25, 0.3) is 60.9 Å². The number of aromatic nitrogens is 1. The van der Waals surface area contributed by atoms with Gasteiger partial charge < -0.3 is 4.57 Å². The fraction of sp³-hybridized carbons (Fsp3) is 0.0727. The molecule has 2 atom stereocenters. The fourth-order valence-electron chi connectivity index (χ4n) is 9.03. The Morgan fingerprint density at radius 3 is 1.95 bits per heavy atom. The summed E-state index contributed by atoms with van der Waals surface area (Å²) < 4.78 is 2.62. The molecular weight excluding hydrogens is 689 g/mol. The summed E-state index contributed by atoms with van der Waals surface area (Å²) in [7, 11) is 0. The summed E-state index contributed by atoms with van der Waals surface area (Å²) >= 11 is 0. The van der Waals surface area contributed by atoms with Gasteiger partial charge in [-0.2, -0.15) is 0 Å². The van der Waals surface area contributed by atoms with Crippen molar-refractivity contribution in [2.75, 3.05) is 0 Å². The summed E-state index contributed by atoms with van der Waals surface area (Å²) in [6, 6.07) is 63.3. The molecule has 0 bridgehead atoms. The predicted octanol–water partition coefficient (Wildman–Crippen LogP) is 14.1. The van der Waals surface area contributed by atoms with Crippen LogP contribution in [0.4, 0.5) is 0 Å². The Labute approximate surface area is 334 Å². The molecule has 0 radical (unpaired) electrons. The second-order valence-corrected chi connectivity index (χ2v) is 15.2. The van der Waals surface area contributed by atoms with Crippen LogP contribution in [-0.2, 0) is 6.42 Å². The minimum Gasteiger partial charge on any atom is -0.333 e. The van der Waals surface area contributed by atoms with Crippen LogP contribution in [0.3, 0.4) is 0 Å². The first-order chi connectivity index (χ1) is 28.1. The van der Waals surface area contributed by atoms with Crippen LogP contribution >= 0.6 is 0 Å². The van der Waals surface area contributed by atoms with Crippen molar-refractivity contribution in [1.29, 1.82) is 0 Å². The van der Waals surface area contributed by atoms with Crippen molar-refractivity contribution >= 4 is 44.4 Å². The van der Waals surface area contributed by atoms with Crippen molar-refractivity contribution in [3.05, 3.63) is 235 Å². The monoisotopic (exact) mass is 730 g/mol. The van der Waals surface area contributed by atoms with Crippen molar-refractivity contribution in [3.8, 4) is 22.3 Å². The molecule has 0 aliphatic heterocycles. The van der Waals surface area contributed by atoms with Crippen molar-refractivity contribution in [3.63, 3.8) is 0 Å². The third-order valence-corrected chi connectivity index (χ3v) is 11.8.